The van der Waals surface area contributed by atoms with E-state index in [-0.39, 0.29) is 64.4 Å². The molecule has 8 nitrogen and oxygen atoms in total. The molecule has 0 unspecified atom stereocenters. The molecular formula is C4H14KNO7P2. The fourth-order valence-electron chi connectivity index (χ4n) is 0.800. The number of hydrogen-bond donors (Lipinski definition) is 6. The Morgan fingerprint density at radius 1 is 1.07 bits per heavy atom. The van der Waals surface area contributed by atoms with Crippen molar-refractivity contribution < 1.29 is 33.8 Å². The van der Waals surface area contributed by atoms with E-state index in [0.717, 1.165) is 0 Å². The van der Waals surface area contributed by atoms with Crippen molar-refractivity contribution in [2.24, 2.45) is 5.73 Å². The second-order valence-electron chi connectivity index (χ2n) is 2.75. The predicted molar refractivity (Wildman–Crippen MR) is 54.5 cm³/mol. The van der Waals surface area contributed by atoms with Gasteiger partial charge in [0.25, 0.3) is 5.08 Å². The molecule has 11 heteroatoms. The van der Waals surface area contributed by atoms with Gasteiger partial charge in [0.1, 0.15) is 0 Å². The van der Waals surface area contributed by atoms with Crippen LogP contribution in [-0.2, 0) is 9.13 Å². The van der Waals surface area contributed by atoms with Crippen LogP contribution in [-0.4, -0.2) is 87.7 Å². The van der Waals surface area contributed by atoms with Gasteiger partial charge in [-0.3, -0.25) is 9.13 Å². The van der Waals surface area contributed by atoms with E-state index in [1.54, 1.807) is 0 Å². The third-order valence-corrected chi connectivity index (χ3v) is 5.53. The van der Waals surface area contributed by atoms with Crippen molar-refractivity contribution in [1.82, 2.24) is 0 Å². The molecule has 0 heterocycles. The molecule has 0 aromatic carbocycles. The van der Waals surface area contributed by atoms with Crippen LogP contribution in [0, 0.1) is 0 Å². The van der Waals surface area contributed by atoms with Crippen LogP contribution < -0.4 is 5.73 Å². The van der Waals surface area contributed by atoms with Crippen molar-refractivity contribution in [2.45, 2.75) is 17.9 Å². The van der Waals surface area contributed by atoms with Crippen LogP contribution in [0.15, 0.2) is 0 Å². The molecule has 0 radical (unpaired) electrons. The summed E-state index contributed by atoms with van der Waals surface area (Å²) >= 11 is 0. The first-order valence-electron chi connectivity index (χ1n) is 3.60. The third kappa shape index (κ3) is 4.93. The summed E-state index contributed by atoms with van der Waals surface area (Å²) in [6, 6.07) is 0. The summed E-state index contributed by atoms with van der Waals surface area (Å²) in [5.74, 6) is 0. The fourth-order valence-corrected chi connectivity index (χ4v) is 3.06. The quantitative estimate of drug-likeness (QED) is 0.252. The molecule has 0 aromatic heterocycles. The Bertz CT molecular complexity index is 263. The maximum absolute atomic E-state index is 10.7. The van der Waals surface area contributed by atoms with Gasteiger partial charge in [0.15, 0.2) is 0 Å². The van der Waals surface area contributed by atoms with E-state index < -0.39 is 26.7 Å². The summed E-state index contributed by atoms with van der Waals surface area (Å²) in [5, 5.41) is 5.91. The Labute approximate surface area is 129 Å². The second-order valence-corrected chi connectivity index (χ2v) is 6.76. The van der Waals surface area contributed by atoms with E-state index >= 15 is 0 Å². The van der Waals surface area contributed by atoms with Crippen LogP contribution in [0.25, 0.3) is 0 Å². The molecule has 0 bridgehead atoms. The van der Waals surface area contributed by atoms with Crippen LogP contribution in [0.5, 0.6) is 0 Å². The van der Waals surface area contributed by atoms with Crippen LogP contribution in [0.4, 0.5) is 0 Å². The van der Waals surface area contributed by atoms with Gasteiger partial charge in [0, 0.05) is 6.42 Å². The van der Waals surface area contributed by atoms with E-state index in [1.807, 2.05) is 0 Å². The minimum atomic E-state index is -5.30. The van der Waals surface area contributed by atoms with Crippen molar-refractivity contribution in [3.05, 3.63) is 0 Å². The Morgan fingerprint density at radius 3 is 1.60 bits per heavy atom. The SMILES string of the molecule is NCCCC(O)(P(=O)(O)O)P(=O)(O)O.[KH]. The number of aliphatic hydroxyl groups is 1. The molecule has 0 aliphatic rings. The fraction of sp³-hybridized carbons (Fsp3) is 1.00. The monoisotopic (exact) mass is 289 g/mol. The zero-order valence-electron chi connectivity index (χ0n) is 7.15. The summed E-state index contributed by atoms with van der Waals surface area (Å²) in [6.45, 7) is -0.0394. The standard InChI is InChI=1S/C4H13NO7P2.K.H/c5-3-1-2-4(6,13(7,8)9)14(10,11)12;;/h6H,1-3,5H2,(H2,7,8,9)(H2,10,11,12);;. The Kier molecular flexibility index (Phi) is 8.58. The normalized spacial score (nSPS) is 13.5. The molecule has 0 aliphatic carbocycles. The molecule has 0 rings (SSSR count). The van der Waals surface area contributed by atoms with Crippen molar-refractivity contribution in [2.75, 3.05) is 6.54 Å². The topological polar surface area (TPSA) is 161 Å². The molecular weight excluding hydrogens is 275 g/mol. The minimum absolute atomic E-state index is 0. The van der Waals surface area contributed by atoms with Crippen molar-refractivity contribution in [3.63, 3.8) is 0 Å². The summed E-state index contributed by atoms with van der Waals surface area (Å²) in [7, 11) is -10.6. The average molecular weight is 289 g/mol. The molecule has 15 heavy (non-hydrogen) atoms. The van der Waals surface area contributed by atoms with Gasteiger partial charge in [0.2, 0.25) is 0 Å². The second kappa shape index (κ2) is 6.70. The van der Waals surface area contributed by atoms with Crippen molar-refractivity contribution in [3.8, 4) is 0 Å². The molecule has 7 N–H and O–H groups in total. The molecule has 0 aliphatic heterocycles. The Morgan fingerprint density at radius 2 is 1.40 bits per heavy atom. The third-order valence-electron chi connectivity index (χ3n) is 1.65. The number of rotatable bonds is 5. The molecule has 0 saturated carbocycles. The summed E-state index contributed by atoms with van der Waals surface area (Å²) in [6.07, 6.45) is -0.856. The summed E-state index contributed by atoms with van der Waals surface area (Å²) < 4.78 is 21.4. The Hall–Kier alpha value is 1.86. The van der Waals surface area contributed by atoms with E-state index in [9.17, 15) is 14.2 Å². The van der Waals surface area contributed by atoms with Crippen molar-refractivity contribution >= 4 is 66.6 Å². The van der Waals surface area contributed by atoms with E-state index in [4.69, 9.17) is 25.3 Å². The molecule has 0 spiro atoms. The number of hydrogen-bond acceptors (Lipinski definition) is 4. The van der Waals surface area contributed by atoms with Gasteiger partial charge in [-0.15, -0.1) is 0 Å². The molecule has 0 aromatic rings. The molecule has 0 atom stereocenters. The van der Waals surface area contributed by atoms with E-state index in [0.29, 0.717) is 0 Å². The van der Waals surface area contributed by atoms with Gasteiger partial charge in [-0.2, -0.15) is 0 Å². The zero-order valence-corrected chi connectivity index (χ0v) is 8.93. The Balaban J connectivity index is 0. The first-order valence-corrected chi connectivity index (χ1v) is 6.82. The maximum atomic E-state index is 10.7. The van der Waals surface area contributed by atoms with Gasteiger partial charge in [-0.25, -0.2) is 0 Å². The molecule has 0 amide bonds. The van der Waals surface area contributed by atoms with Gasteiger partial charge >= 0.3 is 66.6 Å². The van der Waals surface area contributed by atoms with Crippen LogP contribution in [0.2, 0.25) is 0 Å². The van der Waals surface area contributed by atoms with Gasteiger partial charge in [-0.05, 0) is 13.0 Å². The van der Waals surface area contributed by atoms with Gasteiger partial charge in [0.05, 0.1) is 0 Å². The van der Waals surface area contributed by atoms with Crippen LogP contribution in [0.3, 0.4) is 0 Å². The van der Waals surface area contributed by atoms with E-state index in [1.165, 1.54) is 0 Å². The molecule has 88 valence electrons. The number of nitrogens with two attached hydrogens (primary N) is 1. The molecule has 0 fully saturated rings. The first-order chi connectivity index (χ1) is 6.06. The first kappa shape index (κ1) is 19.2. The van der Waals surface area contributed by atoms with E-state index in [2.05, 4.69) is 0 Å². The summed E-state index contributed by atoms with van der Waals surface area (Å²) in [5.41, 5.74) is 5.01. The van der Waals surface area contributed by atoms with Gasteiger partial charge in [-0.1, -0.05) is 0 Å². The molecule has 0 saturated heterocycles. The predicted octanol–water partition coefficient (Wildman–Crippen LogP) is -1.92. The van der Waals surface area contributed by atoms with Crippen LogP contribution >= 0.6 is 15.2 Å². The summed E-state index contributed by atoms with van der Waals surface area (Å²) in [4.78, 5) is 34.5. The average Bonchev–Trinajstić information content (AvgIpc) is 1.95. The van der Waals surface area contributed by atoms with Crippen molar-refractivity contribution in [1.29, 1.82) is 0 Å². The van der Waals surface area contributed by atoms with Crippen LogP contribution in [0.1, 0.15) is 12.8 Å². The zero-order chi connectivity index (χ0) is 11.6. The van der Waals surface area contributed by atoms with Gasteiger partial charge < -0.3 is 30.4 Å².